The molecule has 0 aromatic heterocycles. The van der Waals surface area contributed by atoms with E-state index in [1.807, 2.05) is 61.5 Å². The van der Waals surface area contributed by atoms with Crippen LogP contribution in [0, 0.1) is 0 Å². The number of carbonyl (C=O) groups excluding carboxylic acids is 2. The van der Waals surface area contributed by atoms with Crippen LogP contribution in [-0.4, -0.2) is 61.0 Å². The van der Waals surface area contributed by atoms with Crippen LogP contribution < -0.4 is 0 Å². The van der Waals surface area contributed by atoms with E-state index in [1.54, 1.807) is 11.1 Å². The number of esters is 1. The van der Waals surface area contributed by atoms with Gasteiger partial charge in [-0.05, 0) is 55.4 Å². The van der Waals surface area contributed by atoms with E-state index >= 15 is 0 Å². The first kappa shape index (κ1) is 24.8. The van der Waals surface area contributed by atoms with E-state index in [4.69, 9.17) is 9.47 Å². The lowest BCUT2D eigenvalue weighted by Gasteiger charge is -2.20. The van der Waals surface area contributed by atoms with E-state index in [0.717, 1.165) is 74.2 Å². The first-order valence-corrected chi connectivity index (χ1v) is 12.6. The quantitative estimate of drug-likeness (QED) is 0.257. The molecule has 0 spiro atoms. The molecule has 0 unspecified atom stereocenters. The third-order valence-electron chi connectivity index (χ3n) is 6.62. The Labute approximate surface area is 207 Å². The van der Waals surface area contributed by atoms with Crippen LogP contribution in [0.25, 0.3) is 10.8 Å². The normalized spacial score (nSPS) is 17.0. The Balaban J connectivity index is 1.19. The molecule has 2 aromatic rings. The smallest absolute Gasteiger partial charge is 0.409 e. The van der Waals surface area contributed by atoms with Crippen molar-refractivity contribution < 1.29 is 19.1 Å². The van der Waals surface area contributed by atoms with Crippen LogP contribution in [0.15, 0.2) is 59.4 Å². The van der Waals surface area contributed by atoms with Crippen molar-refractivity contribution in [3.05, 3.63) is 59.9 Å². The Morgan fingerprint density at radius 2 is 1.74 bits per heavy atom. The number of rotatable bonds is 10. The van der Waals surface area contributed by atoms with Gasteiger partial charge in [-0.1, -0.05) is 49.2 Å². The molecule has 1 aliphatic heterocycles. The number of unbranched alkanes of at least 4 members (excludes halogenated alkanes) is 3. The van der Waals surface area contributed by atoms with E-state index in [0.29, 0.717) is 18.1 Å². The van der Waals surface area contributed by atoms with Crippen molar-refractivity contribution in [2.75, 3.05) is 27.2 Å². The number of amides is 1. The van der Waals surface area contributed by atoms with E-state index in [-0.39, 0.29) is 12.2 Å². The molecule has 7 nitrogen and oxygen atoms in total. The molecular weight excluding hydrogens is 442 g/mol. The second-order valence-corrected chi connectivity index (χ2v) is 9.45. The Bertz CT molecular complexity index is 1100. The minimum atomic E-state index is -0.424. The lowest BCUT2D eigenvalue weighted by Crippen LogP contribution is -2.31. The molecule has 7 heteroatoms. The monoisotopic (exact) mass is 477 g/mol. The highest BCUT2D eigenvalue weighted by molar-refractivity contribution is 6.16. The minimum absolute atomic E-state index is 0.110. The molecule has 0 N–H and O–H groups in total. The van der Waals surface area contributed by atoms with Crippen molar-refractivity contribution >= 4 is 28.7 Å². The van der Waals surface area contributed by atoms with Crippen molar-refractivity contribution in [1.29, 1.82) is 0 Å². The van der Waals surface area contributed by atoms with Gasteiger partial charge < -0.3 is 19.3 Å². The third kappa shape index (κ3) is 6.62. The molecule has 2 aliphatic rings. The highest BCUT2D eigenvalue weighted by atomic mass is 16.6. The van der Waals surface area contributed by atoms with Crippen LogP contribution >= 0.6 is 0 Å². The van der Waals surface area contributed by atoms with Gasteiger partial charge in [0.1, 0.15) is 6.10 Å². The van der Waals surface area contributed by atoms with Crippen molar-refractivity contribution in [3.8, 4) is 0 Å². The molecule has 1 fully saturated rings. The summed E-state index contributed by atoms with van der Waals surface area (Å²) < 4.78 is 11.0. The zero-order valence-corrected chi connectivity index (χ0v) is 20.7. The van der Waals surface area contributed by atoms with Gasteiger partial charge in [-0.25, -0.2) is 14.6 Å². The molecule has 4 rings (SSSR count). The number of carbonyl (C=O) groups is 2. The Hall–Kier alpha value is -3.35. The van der Waals surface area contributed by atoms with E-state index in [1.165, 1.54) is 0 Å². The highest BCUT2D eigenvalue weighted by Crippen LogP contribution is 2.24. The van der Waals surface area contributed by atoms with E-state index < -0.39 is 5.97 Å². The van der Waals surface area contributed by atoms with Crippen LogP contribution in [0.5, 0.6) is 0 Å². The molecule has 0 radical (unpaired) electrons. The fourth-order valence-corrected chi connectivity index (χ4v) is 4.59. The van der Waals surface area contributed by atoms with Gasteiger partial charge in [0.2, 0.25) is 5.90 Å². The Morgan fingerprint density at radius 1 is 1.03 bits per heavy atom. The molecule has 1 heterocycles. The molecule has 2 aromatic carbocycles. The maximum absolute atomic E-state index is 12.4. The first-order chi connectivity index (χ1) is 17.0. The van der Waals surface area contributed by atoms with Crippen LogP contribution in [0.4, 0.5) is 4.79 Å². The van der Waals surface area contributed by atoms with Crippen molar-refractivity contribution in [2.24, 2.45) is 4.99 Å². The average molecular weight is 478 g/mol. The summed E-state index contributed by atoms with van der Waals surface area (Å²) >= 11 is 0. The van der Waals surface area contributed by atoms with Gasteiger partial charge in [0.15, 0.2) is 5.70 Å². The fourth-order valence-electron chi connectivity index (χ4n) is 4.59. The van der Waals surface area contributed by atoms with Gasteiger partial charge >= 0.3 is 12.1 Å². The molecule has 186 valence electrons. The van der Waals surface area contributed by atoms with Crippen molar-refractivity contribution in [1.82, 2.24) is 9.80 Å². The van der Waals surface area contributed by atoms with Crippen molar-refractivity contribution in [3.63, 3.8) is 0 Å². The average Bonchev–Trinajstić information content (AvgIpc) is 3.50. The summed E-state index contributed by atoms with van der Waals surface area (Å²) in [6.45, 7) is 1.53. The number of hydrogen-bond acceptors (Lipinski definition) is 6. The van der Waals surface area contributed by atoms with Gasteiger partial charge in [0.25, 0.3) is 0 Å². The zero-order valence-electron chi connectivity index (χ0n) is 20.7. The second kappa shape index (κ2) is 11.9. The lowest BCUT2D eigenvalue weighted by molar-refractivity contribution is -0.130. The number of benzene rings is 2. The van der Waals surface area contributed by atoms with Crippen LogP contribution in [0.1, 0.15) is 56.9 Å². The van der Waals surface area contributed by atoms with Gasteiger partial charge in [-0.3, -0.25) is 0 Å². The zero-order chi connectivity index (χ0) is 24.6. The Morgan fingerprint density at radius 3 is 2.54 bits per heavy atom. The molecular formula is C28H35N3O4. The molecule has 0 bridgehead atoms. The SMILES string of the molecule is CN(C=C1N=C(c2cccc3ccccc23)OC1=O)CCCCCCN(C)C(=O)OC1CCCC1. The number of cyclic esters (lactones) is 1. The molecule has 1 amide bonds. The van der Waals surface area contributed by atoms with Crippen molar-refractivity contribution in [2.45, 2.75) is 57.5 Å². The topological polar surface area (TPSA) is 71.4 Å². The summed E-state index contributed by atoms with van der Waals surface area (Å²) in [4.78, 5) is 32.7. The largest absolute Gasteiger partial charge is 0.446 e. The van der Waals surface area contributed by atoms with Gasteiger partial charge in [-0.15, -0.1) is 0 Å². The summed E-state index contributed by atoms with van der Waals surface area (Å²) in [5.74, 6) is -0.0747. The van der Waals surface area contributed by atoms with Gasteiger partial charge in [-0.2, -0.15) is 0 Å². The van der Waals surface area contributed by atoms with Crippen LogP contribution in [0.3, 0.4) is 0 Å². The number of fused-ring (bicyclic) bond motifs is 1. The molecule has 1 saturated carbocycles. The number of ether oxygens (including phenoxy) is 2. The van der Waals surface area contributed by atoms with Crippen LogP contribution in [0.2, 0.25) is 0 Å². The standard InChI is InChI=1S/C28H35N3O4/c1-30(18-9-3-4-10-19-31(2)28(33)34-22-14-6-7-15-22)20-25-27(32)35-26(29-25)24-17-11-13-21-12-5-8-16-23(21)24/h5,8,11-13,16-17,20,22H,3-4,6-7,9-10,14-15,18-19H2,1-2H3. The predicted molar refractivity (Wildman–Crippen MR) is 137 cm³/mol. The highest BCUT2D eigenvalue weighted by Gasteiger charge is 2.25. The van der Waals surface area contributed by atoms with Gasteiger partial charge in [0, 0.05) is 38.9 Å². The summed E-state index contributed by atoms with van der Waals surface area (Å²) in [7, 11) is 3.75. The predicted octanol–water partition coefficient (Wildman–Crippen LogP) is 5.49. The fraction of sp³-hybridized carbons (Fsp3) is 0.464. The van der Waals surface area contributed by atoms with E-state index in [9.17, 15) is 9.59 Å². The first-order valence-electron chi connectivity index (χ1n) is 12.6. The van der Waals surface area contributed by atoms with E-state index in [2.05, 4.69) is 4.99 Å². The summed E-state index contributed by atoms with van der Waals surface area (Å²) in [6.07, 6.45) is 10.0. The molecule has 1 aliphatic carbocycles. The maximum atomic E-state index is 12.4. The summed E-state index contributed by atoms with van der Waals surface area (Å²) in [5.41, 5.74) is 1.14. The molecule has 35 heavy (non-hydrogen) atoms. The number of aliphatic imine (C=N–C) groups is 1. The maximum Gasteiger partial charge on any atom is 0.409 e. The second-order valence-electron chi connectivity index (χ2n) is 9.45. The molecule has 0 saturated heterocycles. The minimum Gasteiger partial charge on any atom is -0.446 e. The molecule has 0 atom stereocenters. The third-order valence-corrected chi connectivity index (χ3v) is 6.62. The van der Waals surface area contributed by atoms with Crippen LogP contribution in [-0.2, 0) is 14.3 Å². The summed E-state index contributed by atoms with van der Waals surface area (Å²) in [6, 6.07) is 13.9. The number of nitrogens with zero attached hydrogens (tertiary/aromatic N) is 3. The summed E-state index contributed by atoms with van der Waals surface area (Å²) in [5, 5.41) is 2.09. The van der Waals surface area contributed by atoms with Gasteiger partial charge in [0.05, 0.1) is 0 Å². The number of hydrogen-bond donors (Lipinski definition) is 0. The Kier molecular flexibility index (Phi) is 8.40. The lowest BCUT2D eigenvalue weighted by atomic mass is 10.0.